The van der Waals surface area contributed by atoms with E-state index in [-0.39, 0.29) is 23.3 Å². The third-order valence-electron chi connectivity index (χ3n) is 14.0. The van der Waals surface area contributed by atoms with E-state index in [1.165, 1.54) is 140 Å². The van der Waals surface area contributed by atoms with Gasteiger partial charge in [-0.3, -0.25) is 0 Å². The van der Waals surface area contributed by atoms with Crippen molar-refractivity contribution < 1.29 is 9.47 Å². The van der Waals surface area contributed by atoms with Crippen LogP contribution < -0.4 is 0 Å². The maximum atomic E-state index is 7.58. The summed E-state index contributed by atoms with van der Waals surface area (Å²) in [5, 5.41) is 0. The maximum absolute atomic E-state index is 7.58. The number of ether oxygens (including phenoxy) is 2. The fourth-order valence-corrected chi connectivity index (χ4v) is 11.8. The van der Waals surface area contributed by atoms with Crippen molar-refractivity contribution in [2.75, 3.05) is 0 Å². The van der Waals surface area contributed by atoms with E-state index in [2.05, 4.69) is 60.7 Å². The van der Waals surface area contributed by atoms with Crippen LogP contribution in [-0.4, -0.2) is 35.1 Å². The van der Waals surface area contributed by atoms with Crippen LogP contribution in [0.3, 0.4) is 0 Å². The molecule has 4 nitrogen and oxygen atoms in total. The SMILES string of the molecule is c1ccc(C[C@H]2N=C(CC3=N[C@H](Cc4ccccc4)C(C4CCCCC4)(C4CCCCC4)O3)OC2(C2CCCCC2)C2CCCCC2)cc1. The molecule has 2 atom stereocenters. The van der Waals surface area contributed by atoms with Gasteiger partial charge in [-0.2, -0.15) is 0 Å². The fraction of sp³-hybridized carbons (Fsp3) is 0.689. The Labute approximate surface area is 297 Å². The third-order valence-corrected chi connectivity index (χ3v) is 14.0. The largest absolute Gasteiger partial charge is 0.471 e. The summed E-state index contributed by atoms with van der Waals surface area (Å²) in [6.45, 7) is 0. The molecule has 264 valence electrons. The molecule has 0 N–H and O–H groups in total. The van der Waals surface area contributed by atoms with Crippen LogP contribution in [-0.2, 0) is 22.3 Å². The van der Waals surface area contributed by atoms with Gasteiger partial charge in [0.25, 0.3) is 0 Å². The molecule has 0 spiro atoms. The number of hydrogen-bond donors (Lipinski definition) is 0. The summed E-state index contributed by atoms with van der Waals surface area (Å²) in [7, 11) is 0. The van der Waals surface area contributed by atoms with Gasteiger partial charge in [0, 0.05) is 23.7 Å². The molecule has 2 aromatic rings. The summed E-state index contributed by atoms with van der Waals surface area (Å²) in [6, 6.07) is 22.6. The summed E-state index contributed by atoms with van der Waals surface area (Å²) in [5.74, 6) is 4.19. The van der Waals surface area contributed by atoms with Crippen molar-refractivity contribution in [1.82, 2.24) is 0 Å². The van der Waals surface area contributed by atoms with Gasteiger partial charge in [0.1, 0.15) is 11.2 Å². The summed E-state index contributed by atoms with van der Waals surface area (Å²) in [4.78, 5) is 11.3. The minimum Gasteiger partial charge on any atom is -0.471 e. The van der Waals surface area contributed by atoms with Crippen molar-refractivity contribution in [3.05, 3.63) is 71.8 Å². The van der Waals surface area contributed by atoms with Crippen LogP contribution in [0.4, 0.5) is 0 Å². The van der Waals surface area contributed by atoms with Gasteiger partial charge in [-0.25, -0.2) is 9.98 Å². The zero-order chi connectivity index (χ0) is 32.9. The average molecular weight is 663 g/mol. The van der Waals surface area contributed by atoms with Gasteiger partial charge in [0.05, 0.1) is 18.5 Å². The predicted molar refractivity (Wildman–Crippen MR) is 201 cm³/mol. The first-order valence-electron chi connectivity index (χ1n) is 20.8. The van der Waals surface area contributed by atoms with Crippen molar-refractivity contribution >= 4 is 11.8 Å². The van der Waals surface area contributed by atoms with E-state index in [4.69, 9.17) is 19.5 Å². The lowest BCUT2D eigenvalue weighted by Crippen LogP contribution is -2.55. The lowest BCUT2D eigenvalue weighted by Gasteiger charge is -2.49. The molecule has 49 heavy (non-hydrogen) atoms. The molecule has 0 unspecified atom stereocenters. The van der Waals surface area contributed by atoms with Crippen LogP contribution in [0, 0.1) is 23.7 Å². The Hall–Kier alpha value is -2.62. The normalized spacial score (nSPS) is 28.4. The summed E-state index contributed by atoms with van der Waals surface area (Å²) < 4.78 is 15.2. The van der Waals surface area contributed by atoms with Gasteiger partial charge >= 0.3 is 0 Å². The predicted octanol–water partition coefficient (Wildman–Crippen LogP) is 11.3. The van der Waals surface area contributed by atoms with Crippen LogP contribution >= 0.6 is 0 Å². The van der Waals surface area contributed by atoms with E-state index in [0.717, 1.165) is 24.6 Å². The molecule has 4 aliphatic carbocycles. The highest BCUT2D eigenvalue weighted by molar-refractivity contribution is 5.99. The van der Waals surface area contributed by atoms with E-state index < -0.39 is 0 Å². The lowest BCUT2D eigenvalue weighted by atomic mass is 9.62. The highest BCUT2D eigenvalue weighted by Gasteiger charge is 2.59. The molecule has 0 bridgehead atoms. The van der Waals surface area contributed by atoms with Crippen molar-refractivity contribution in [3.63, 3.8) is 0 Å². The second-order valence-electron chi connectivity index (χ2n) is 16.9. The van der Waals surface area contributed by atoms with E-state index in [0.29, 0.717) is 30.1 Å². The smallest absolute Gasteiger partial charge is 0.193 e. The second-order valence-corrected chi connectivity index (χ2v) is 16.9. The Morgan fingerprint density at radius 3 is 1.04 bits per heavy atom. The van der Waals surface area contributed by atoms with Gasteiger partial charge in [-0.15, -0.1) is 0 Å². The van der Waals surface area contributed by atoms with E-state index >= 15 is 0 Å². The molecule has 8 rings (SSSR count). The molecule has 2 aliphatic heterocycles. The number of nitrogens with zero attached hydrogens (tertiary/aromatic N) is 2. The van der Waals surface area contributed by atoms with E-state index in [1.54, 1.807) is 0 Å². The lowest BCUT2D eigenvalue weighted by molar-refractivity contribution is -0.0846. The zero-order valence-corrected chi connectivity index (χ0v) is 30.2. The first kappa shape index (κ1) is 33.5. The quantitative estimate of drug-likeness (QED) is 0.254. The van der Waals surface area contributed by atoms with Crippen LogP contribution in [0.1, 0.15) is 146 Å². The highest BCUT2D eigenvalue weighted by Crippen LogP contribution is 2.54. The summed E-state index contributed by atoms with van der Waals surface area (Å²) in [6.07, 6.45) is 29.0. The topological polar surface area (TPSA) is 43.2 Å². The van der Waals surface area contributed by atoms with Crippen molar-refractivity contribution in [2.45, 2.75) is 171 Å². The van der Waals surface area contributed by atoms with Crippen LogP contribution in [0.15, 0.2) is 70.6 Å². The third kappa shape index (κ3) is 6.88. The maximum Gasteiger partial charge on any atom is 0.193 e. The first-order valence-corrected chi connectivity index (χ1v) is 20.8. The van der Waals surface area contributed by atoms with Crippen LogP contribution in [0.25, 0.3) is 0 Å². The molecule has 2 aromatic carbocycles. The summed E-state index contributed by atoms with van der Waals surface area (Å²) >= 11 is 0. The molecule has 4 heteroatoms. The van der Waals surface area contributed by atoms with Gasteiger partial charge in [-0.05, 0) is 75.3 Å². The van der Waals surface area contributed by atoms with Gasteiger partial charge < -0.3 is 9.47 Å². The molecular formula is C45H62N2O2. The fourth-order valence-electron chi connectivity index (χ4n) is 11.8. The highest BCUT2D eigenvalue weighted by atomic mass is 16.5. The minimum atomic E-state index is -0.196. The van der Waals surface area contributed by atoms with Crippen molar-refractivity contribution in [1.29, 1.82) is 0 Å². The van der Waals surface area contributed by atoms with E-state index in [1.807, 2.05) is 0 Å². The Kier molecular flexibility index (Phi) is 10.5. The molecule has 0 amide bonds. The van der Waals surface area contributed by atoms with E-state index in [9.17, 15) is 0 Å². The molecule has 0 radical (unpaired) electrons. The Balaban J connectivity index is 1.14. The Morgan fingerprint density at radius 2 is 0.735 bits per heavy atom. The number of aliphatic imine (C=N–C) groups is 2. The number of hydrogen-bond acceptors (Lipinski definition) is 4. The number of rotatable bonds is 10. The minimum absolute atomic E-state index is 0.166. The summed E-state index contributed by atoms with van der Waals surface area (Å²) in [5.41, 5.74) is 2.39. The molecule has 2 heterocycles. The zero-order valence-electron chi connectivity index (χ0n) is 30.2. The monoisotopic (exact) mass is 662 g/mol. The molecule has 0 aromatic heterocycles. The second kappa shape index (κ2) is 15.3. The van der Waals surface area contributed by atoms with Gasteiger partial charge in [0.2, 0.25) is 0 Å². The molecule has 6 aliphatic rings. The molecular weight excluding hydrogens is 601 g/mol. The van der Waals surface area contributed by atoms with Crippen LogP contribution in [0.2, 0.25) is 0 Å². The van der Waals surface area contributed by atoms with Gasteiger partial charge in [0.15, 0.2) is 11.8 Å². The van der Waals surface area contributed by atoms with Crippen LogP contribution in [0.5, 0.6) is 0 Å². The van der Waals surface area contributed by atoms with Gasteiger partial charge in [-0.1, -0.05) is 138 Å². The standard InChI is InChI=1S/C45H62N2O2/c1-7-19-34(20-8-1)31-40-44(36-23-11-3-12-24-36,37-25-13-4-14-26-37)48-42(46-40)33-43-47-41(32-35-21-9-2-10-22-35)45(49-43,38-27-15-5-16-28-38)39-29-17-6-18-30-39/h1-2,7-10,19-22,36-41H,3-6,11-18,23-33H2/t40-,41-/m1/s1. The Bertz CT molecular complexity index is 1250. The Morgan fingerprint density at radius 1 is 0.429 bits per heavy atom. The average Bonchev–Trinajstić information content (AvgIpc) is 3.72. The van der Waals surface area contributed by atoms with Crippen molar-refractivity contribution in [3.8, 4) is 0 Å². The first-order chi connectivity index (χ1) is 24.2. The van der Waals surface area contributed by atoms with Crippen molar-refractivity contribution in [2.24, 2.45) is 33.7 Å². The number of benzene rings is 2. The molecule has 0 saturated heterocycles. The molecule has 4 fully saturated rings. The molecule has 4 saturated carbocycles.